The first-order valence-corrected chi connectivity index (χ1v) is 23.0. The van der Waals surface area contributed by atoms with Crippen molar-refractivity contribution in [3.8, 4) is 28.1 Å². The number of hydrogen-bond acceptors (Lipinski definition) is 11. The van der Waals surface area contributed by atoms with Gasteiger partial charge in [0.05, 0.1) is 30.6 Å². The van der Waals surface area contributed by atoms with E-state index < -0.39 is 58.8 Å². The first-order valence-electron chi connectivity index (χ1n) is 23.0. The molecule has 0 aliphatic carbocycles. The number of cyclic esters (lactones) is 1. The Labute approximate surface area is 386 Å². The summed E-state index contributed by atoms with van der Waals surface area (Å²) in [5.41, 5.74) is 7.46. The summed E-state index contributed by atoms with van der Waals surface area (Å²) in [7, 11) is 3.10. The van der Waals surface area contributed by atoms with Gasteiger partial charge in [-0.25, -0.2) is 5.43 Å². The zero-order valence-corrected chi connectivity index (χ0v) is 39.6. The zero-order valence-electron chi connectivity index (χ0n) is 39.6. The maximum Gasteiger partial charge on any atom is 0.324 e. The molecule has 3 aliphatic rings. The number of pyridine rings is 1. The van der Waals surface area contributed by atoms with E-state index >= 15 is 0 Å². The highest BCUT2D eigenvalue weighted by Gasteiger charge is 2.48. The van der Waals surface area contributed by atoms with Gasteiger partial charge < -0.3 is 39.4 Å². The Morgan fingerprint density at radius 1 is 1.08 bits per heavy atom. The Bertz CT molecular complexity index is 2520. The van der Waals surface area contributed by atoms with Crippen molar-refractivity contribution in [2.24, 2.45) is 11.3 Å². The van der Waals surface area contributed by atoms with Gasteiger partial charge in [0.2, 0.25) is 11.8 Å². The Kier molecular flexibility index (Phi) is 14.0. The number of rotatable bonds is 9. The third kappa shape index (κ3) is 9.67. The van der Waals surface area contributed by atoms with E-state index in [4.69, 9.17) is 14.5 Å². The van der Waals surface area contributed by atoms with Crippen molar-refractivity contribution in [3.05, 3.63) is 71.5 Å². The molecule has 16 heteroatoms. The van der Waals surface area contributed by atoms with Gasteiger partial charge in [-0.05, 0) is 97.7 Å². The van der Waals surface area contributed by atoms with Crippen molar-refractivity contribution in [2.75, 3.05) is 40.4 Å². The van der Waals surface area contributed by atoms with E-state index in [0.29, 0.717) is 36.9 Å². The molecule has 4 aromatic rings. The minimum Gasteiger partial charge on any atom is -0.508 e. The van der Waals surface area contributed by atoms with Crippen LogP contribution in [0.5, 0.6) is 5.75 Å². The van der Waals surface area contributed by atoms with Gasteiger partial charge in [0, 0.05) is 81.6 Å². The van der Waals surface area contributed by atoms with Gasteiger partial charge in [-0.2, -0.15) is 0 Å². The Morgan fingerprint density at radius 3 is 2.52 bits per heavy atom. The molecule has 4 N–H and O–H groups in total. The summed E-state index contributed by atoms with van der Waals surface area (Å²) in [5.74, 6) is -3.13. The molecule has 5 atom stereocenters. The third-order valence-corrected chi connectivity index (χ3v) is 13.4. The van der Waals surface area contributed by atoms with Crippen LogP contribution in [-0.2, 0) is 52.8 Å². The highest BCUT2D eigenvalue weighted by Crippen LogP contribution is 2.42. The number of carbonyl (C=O) groups is 5. The highest BCUT2D eigenvalue weighted by molar-refractivity contribution is 5.96. The highest BCUT2D eigenvalue weighted by atomic mass is 16.5. The number of esters is 1. The molecule has 354 valence electrons. The molecule has 16 nitrogen and oxygen atoms in total. The molecule has 3 aliphatic heterocycles. The second-order valence-electron chi connectivity index (χ2n) is 19.4. The van der Waals surface area contributed by atoms with E-state index in [-0.39, 0.29) is 56.8 Å². The van der Waals surface area contributed by atoms with Gasteiger partial charge in [0.25, 0.3) is 11.8 Å². The summed E-state index contributed by atoms with van der Waals surface area (Å²) >= 11 is 0. The zero-order chi connectivity index (χ0) is 47.8. The van der Waals surface area contributed by atoms with E-state index in [2.05, 4.69) is 54.3 Å². The lowest BCUT2D eigenvalue weighted by Crippen LogP contribution is -2.63. The largest absolute Gasteiger partial charge is 0.508 e. The van der Waals surface area contributed by atoms with Crippen molar-refractivity contribution < 1.29 is 43.7 Å². The van der Waals surface area contributed by atoms with Crippen LogP contribution in [0.3, 0.4) is 0 Å². The third-order valence-electron chi connectivity index (χ3n) is 13.4. The molecule has 66 heavy (non-hydrogen) atoms. The van der Waals surface area contributed by atoms with Gasteiger partial charge in [0.1, 0.15) is 23.9 Å². The van der Waals surface area contributed by atoms with Gasteiger partial charge >= 0.3 is 5.97 Å². The molecule has 6 bridgehead atoms. The van der Waals surface area contributed by atoms with E-state index in [1.54, 1.807) is 39.3 Å². The molecule has 5 heterocycles. The Morgan fingerprint density at radius 2 is 1.83 bits per heavy atom. The number of ether oxygens (including phenoxy) is 2. The maximum atomic E-state index is 14.7. The monoisotopic (exact) mass is 907 g/mol. The minimum absolute atomic E-state index is 0.0177. The number of aryl methyl sites for hydroxylation is 1. The number of methoxy groups -OCH3 is 1. The van der Waals surface area contributed by atoms with Crippen LogP contribution >= 0.6 is 0 Å². The van der Waals surface area contributed by atoms with Crippen LogP contribution in [0.2, 0.25) is 0 Å². The van der Waals surface area contributed by atoms with Crippen LogP contribution in [0.25, 0.3) is 33.3 Å². The fourth-order valence-electron chi connectivity index (χ4n) is 9.94. The molecular weight excluding hydrogens is 843 g/mol. The lowest BCUT2D eigenvalue weighted by Gasteiger charge is -2.37. The summed E-state index contributed by atoms with van der Waals surface area (Å²) < 4.78 is 14.2. The van der Waals surface area contributed by atoms with Crippen LogP contribution in [-0.4, -0.2) is 128 Å². The van der Waals surface area contributed by atoms with E-state index in [1.807, 2.05) is 25.1 Å². The number of likely N-dealkylation sites (N-methyl/N-ethyl adjacent to an activating group) is 1. The Balaban J connectivity index is 1.32. The average molecular weight is 908 g/mol. The second-order valence-corrected chi connectivity index (χ2v) is 19.4. The van der Waals surface area contributed by atoms with Crippen LogP contribution in [0, 0.1) is 11.3 Å². The topological polar surface area (TPSA) is 196 Å². The molecule has 2 aromatic carbocycles. The molecule has 7 rings (SSSR count). The lowest BCUT2D eigenvalue weighted by molar-refractivity contribution is -0.156. The van der Waals surface area contributed by atoms with Crippen LogP contribution in [0.4, 0.5) is 0 Å². The van der Waals surface area contributed by atoms with Crippen LogP contribution in [0.1, 0.15) is 90.7 Å². The summed E-state index contributed by atoms with van der Waals surface area (Å²) in [6.45, 7) is 14.1. The summed E-state index contributed by atoms with van der Waals surface area (Å²) in [6, 6.07) is 12.1. The van der Waals surface area contributed by atoms with Crippen molar-refractivity contribution in [3.63, 3.8) is 0 Å². The molecule has 4 amide bonds. The molecule has 2 fully saturated rings. The quantitative estimate of drug-likeness (QED) is 0.167. The lowest BCUT2D eigenvalue weighted by atomic mass is 9.84. The summed E-state index contributed by atoms with van der Waals surface area (Å²) in [4.78, 5) is 76.5. The average Bonchev–Trinajstić information content (AvgIpc) is 3.84. The number of carbonyl (C=O) groups excluding carboxylic acids is 5. The van der Waals surface area contributed by atoms with Crippen molar-refractivity contribution in [1.82, 2.24) is 35.1 Å². The van der Waals surface area contributed by atoms with Gasteiger partial charge in [-0.3, -0.25) is 34.0 Å². The van der Waals surface area contributed by atoms with Crippen molar-refractivity contribution >= 4 is 40.5 Å². The Hall–Kier alpha value is -5.84. The van der Waals surface area contributed by atoms with Crippen molar-refractivity contribution in [2.45, 2.75) is 117 Å². The molecule has 0 saturated carbocycles. The SMILES string of the molecule is CCn1c(-c2cccnc2[C@H](C)OC)c2c3cc(ccc31)-c1cc(O)cc(c1)C[C@H](NC(=O)[C@H](C(C)C)N(C)C(=O)[C@@]1(O)CCN(C(C)=O)C1)C(=O)N1CCC[C@H](N1)C(=O)OCC(C)(C)C2. The maximum absolute atomic E-state index is 14.7. The number of β-amino-alcohol motifs (C(OH)–C–C–N with tert-alkyl or cyclic N) is 1. The summed E-state index contributed by atoms with van der Waals surface area (Å²) in [6.07, 6.45) is 2.86. The number of fused-ring (bicyclic) bond motifs is 6. The number of likely N-dealkylation sites (tertiary alicyclic amines) is 1. The molecule has 0 spiro atoms. The first kappa shape index (κ1) is 48.1. The van der Waals surface area contributed by atoms with E-state index in [1.165, 1.54) is 28.8 Å². The number of aromatic hydroxyl groups is 1. The second kappa shape index (κ2) is 19.2. The smallest absolute Gasteiger partial charge is 0.324 e. The number of aromatic nitrogens is 2. The fourth-order valence-corrected chi connectivity index (χ4v) is 9.94. The van der Waals surface area contributed by atoms with Gasteiger partial charge in [-0.1, -0.05) is 39.8 Å². The first-order chi connectivity index (χ1) is 31.2. The predicted molar refractivity (Wildman–Crippen MR) is 249 cm³/mol. The number of aliphatic hydroxyl groups is 1. The van der Waals surface area contributed by atoms with Crippen molar-refractivity contribution in [1.29, 1.82) is 0 Å². The number of amides is 4. The van der Waals surface area contributed by atoms with Gasteiger partial charge in [-0.15, -0.1) is 0 Å². The van der Waals surface area contributed by atoms with Crippen LogP contribution in [0.15, 0.2) is 54.7 Å². The standard InChI is InChI=1S/C50H65N7O9/c1-10-56-41-16-15-33-25-37(41)38(44(56)36-13-11-18-51-42(36)30(4)65-9)26-49(6,7)28-66-47(62)39-14-12-19-57(53-39)46(61)40(23-32-21-34(33)24-35(59)22-32)52-45(60)43(29(2)3)54(8)48(63)50(64)17-20-55(27-50)31(5)58/h11,13,15-16,18,21-22,24-25,29-30,39-40,43,53,59,64H,10,12,14,17,19-20,23,26-28H2,1-9H3,(H,52,60)/t30-,39-,40-,43-,50+/m0/s1. The number of phenolic OH excluding ortho intramolecular Hbond substituents is 1. The molecule has 2 aromatic heterocycles. The number of nitrogens with one attached hydrogen (secondary N) is 2. The van der Waals surface area contributed by atoms with Gasteiger partial charge in [0.15, 0.2) is 5.60 Å². The number of phenols is 1. The predicted octanol–water partition coefficient (Wildman–Crippen LogP) is 4.92. The molecule has 0 radical (unpaired) electrons. The fraction of sp³-hybridized carbons (Fsp3) is 0.520. The number of benzene rings is 2. The number of hydrazine groups is 1. The molecule has 0 unspecified atom stereocenters. The number of hydrogen-bond donors (Lipinski definition) is 4. The minimum atomic E-state index is -1.88. The number of nitrogens with zero attached hydrogens (tertiary/aromatic N) is 5. The molecule has 2 saturated heterocycles. The normalized spacial score (nSPS) is 22.2. The van der Waals surface area contributed by atoms with Crippen LogP contribution < -0.4 is 10.7 Å². The van der Waals surface area contributed by atoms with E-state index in [9.17, 15) is 34.2 Å². The summed E-state index contributed by atoms with van der Waals surface area (Å²) in [5, 5.41) is 28.0. The van der Waals surface area contributed by atoms with E-state index in [0.717, 1.165) is 39.0 Å². The molecular formula is C50H65N7O9.